The van der Waals surface area contributed by atoms with Crippen LogP contribution in [0.4, 0.5) is 5.69 Å². The van der Waals surface area contributed by atoms with Crippen LogP contribution in [0.2, 0.25) is 0 Å². The molecule has 0 unspecified atom stereocenters. The van der Waals surface area contributed by atoms with Gasteiger partial charge in [-0.3, -0.25) is 9.59 Å². The summed E-state index contributed by atoms with van der Waals surface area (Å²) in [5, 5.41) is 2.72. The Labute approximate surface area is 123 Å². The maximum absolute atomic E-state index is 11.8. The monoisotopic (exact) mass is 283 g/mol. The van der Waals surface area contributed by atoms with Crippen LogP contribution < -0.4 is 5.32 Å². The molecule has 2 rings (SSSR count). The van der Waals surface area contributed by atoms with Gasteiger partial charge in [0, 0.05) is 11.3 Å². The van der Waals surface area contributed by atoms with Gasteiger partial charge in [-0.25, -0.2) is 0 Å². The van der Waals surface area contributed by atoms with Crippen LogP contribution in [-0.4, -0.2) is 24.9 Å². The molecule has 21 heavy (non-hydrogen) atoms. The molecule has 4 heteroatoms. The van der Waals surface area contributed by atoms with E-state index in [1.54, 1.807) is 30.3 Å². The van der Waals surface area contributed by atoms with E-state index in [-0.39, 0.29) is 24.9 Å². The fraction of sp³-hybridized carbons (Fsp3) is 0.176. The van der Waals surface area contributed by atoms with Crippen LogP contribution in [0, 0.1) is 6.92 Å². The van der Waals surface area contributed by atoms with Gasteiger partial charge in [0.2, 0.25) is 5.91 Å². The van der Waals surface area contributed by atoms with Gasteiger partial charge < -0.3 is 10.1 Å². The standard InChI is InChI=1S/C17H17NO3/c1-13-6-5-9-15(10-13)18-17(20)12-21-11-16(19)14-7-3-2-4-8-14/h2-10H,11-12H2,1H3,(H,18,20). The molecular weight excluding hydrogens is 266 g/mol. The maximum atomic E-state index is 11.8. The second-order valence-corrected chi connectivity index (χ2v) is 4.70. The molecule has 0 bridgehead atoms. The molecule has 2 aromatic carbocycles. The third-order valence-electron chi connectivity index (χ3n) is 2.86. The third-order valence-corrected chi connectivity index (χ3v) is 2.86. The van der Waals surface area contributed by atoms with E-state index in [0.717, 1.165) is 11.3 Å². The number of Topliss-reactive ketones (excluding diaryl/α,β-unsaturated/α-hetero) is 1. The van der Waals surface area contributed by atoms with Crippen LogP contribution >= 0.6 is 0 Å². The van der Waals surface area contributed by atoms with E-state index in [1.807, 2.05) is 31.2 Å². The molecule has 2 aromatic rings. The maximum Gasteiger partial charge on any atom is 0.250 e. The fourth-order valence-electron chi connectivity index (χ4n) is 1.86. The number of carbonyl (C=O) groups is 2. The first-order valence-electron chi connectivity index (χ1n) is 6.67. The quantitative estimate of drug-likeness (QED) is 0.829. The smallest absolute Gasteiger partial charge is 0.250 e. The highest BCUT2D eigenvalue weighted by molar-refractivity contribution is 5.97. The predicted octanol–water partition coefficient (Wildman–Crippen LogP) is 2.83. The van der Waals surface area contributed by atoms with Crippen molar-refractivity contribution in [3.63, 3.8) is 0 Å². The molecule has 0 aliphatic rings. The lowest BCUT2D eigenvalue weighted by atomic mass is 10.1. The van der Waals surface area contributed by atoms with Gasteiger partial charge in [0.1, 0.15) is 13.2 Å². The lowest BCUT2D eigenvalue weighted by molar-refractivity contribution is -0.120. The summed E-state index contributed by atoms with van der Waals surface area (Å²) in [4.78, 5) is 23.5. The van der Waals surface area contributed by atoms with Crippen molar-refractivity contribution in [2.24, 2.45) is 0 Å². The van der Waals surface area contributed by atoms with Crippen LogP contribution in [0.1, 0.15) is 15.9 Å². The molecule has 0 spiro atoms. The summed E-state index contributed by atoms with van der Waals surface area (Å²) in [6, 6.07) is 16.3. The fourth-order valence-corrected chi connectivity index (χ4v) is 1.86. The normalized spacial score (nSPS) is 10.1. The van der Waals surface area contributed by atoms with Crippen LogP contribution in [0.25, 0.3) is 0 Å². The minimum Gasteiger partial charge on any atom is -0.363 e. The van der Waals surface area contributed by atoms with Gasteiger partial charge >= 0.3 is 0 Å². The first-order valence-corrected chi connectivity index (χ1v) is 6.67. The topological polar surface area (TPSA) is 55.4 Å². The van der Waals surface area contributed by atoms with E-state index in [2.05, 4.69) is 5.32 Å². The van der Waals surface area contributed by atoms with Crippen molar-refractivity contribution < 1.29 is 14.3 Å². The summed E-state index contributed by atoms with van der Waals surface area (Å²) in [6.45, 7) is 1.70. The Hall–Kier alpha value is -2.46. The molecule has 0 aromatic heterocycles. The van der Waals surface area contributed by atoms with Crippen molar-refractivity contribution in [3.05, 3.63) is 65.7 Å². The Bertz CT molecular complexity index is 623. The average molecular weight is 283 g/mol. The van der Waals surface area contributed by atoms with Gasteiger partial charge in [-0.15, -0.1) is 0 Å². The van der Waals surface area contributed by atoms with Gasteiger partial charge in [0.15, 0.2) is 5.78 Å². The number of ketones is 1. The number of aryl methyl sites for hydroxylation is 1. The summed E-state index contributed by atoms with van der Waals surface area (Å²) in [7, 11) is 0. The molecule has 0 aliphatic heterocycles. The number of nitrogens with one attached hydrogen (secondary N) is 1. The zero-order chi connectivity index (χ0) is 15.1. The van der Waals surface area contributed by atoms with Crippen molar-refractivity contribution in [2.45, 2.75) is 6.92 Å². The van der Waals surface area contributed by atoms with E-state index in [4.69, 9.17) is 4.74 Å². The Morgan fingerprint density at radius 1 is 1.00 bits per heavy atom. The summed E-state index contributed by atoms with van der Waals surface area (Å²) >= 11 is 0. The lowest BCUT2D eigenvalue weighted by Gasteiger charge is -2.06. The van der Waals surface area contributed by atoms with Crippen LogP contribution in [0.15, 0.2) is 54.6 Å². The molecule has 0 saturated heterocycles. The number of hydrogen-bond acceptors (Lipinski definition) is 3. The number of amides is 1. The Balaban J connectivity index is 1.76. The molecule has 0 aliphatic carbocycles. The average Bonchev–Trinajstić information content (AvgIpc) is 2.48. The number of rotatable bonds is 6. The van der Waals surface area contributed by atoms with Gasteiger partial charge in [-0.1, -0.05) is 42.5 Å². The van der Waals surface area contributed by atoms with Gasteiger partial charge in [-0.05, 0) is 24.6 Å². The van der Waals surface area contributed by atoms with E-state index >= 15 is 0 Å². The minimum absolute atomic E-state index is 0.106. The highest BCUT2D eigenvalue weighted by Gasteiger charge is 2.07. The summed E-state index contributed by atoms with van der Waals surface area (Å²) in [6.07, 6.45) is 0. The van der Waals surface area contributed by atoms with Gasteiger partial charge in [-0.2, -0.15) is 0 Å². The SMILES string of the molecule is Cc1cccc(NC(=O)COCC(=O)c2ccccc2)c1. The van der Waals surface area contributed by atoms with E-state index in [1.165, 1.54) is 0 Å². The molecule has 1 amide bonds. The van der Waals surface area contributed by atoms with E-state index in [9.17, 15) is 9.59 Å². The molecule has 0 saturated carbocycles. The van der Waals surface area contributed by atoms with Crippen molar-refractivity contribution >= 4 is 17.4 Å². The Morgan fingerprint density at radius 2 is 1.76 bits per heavy atom. The lowest BCUT2D eigenvalue weighted by Crippen LogP contribution is -2.21. The minimum atomic E-state index is -0.276. The second kappa shape index (κ2) is 7.36. The van der Waals surface area contributed by atoms with Crippen molar-refractivity contribution in [2.75, 3.05) is 18.5 Å². The van der Waals surface area contributed by atoms with Crippen LogP contribution in [0.5, 0.6) is 0 Å². The third kappa shape index (κ3) is 4.85. The zero-order valence-corrected chi connectivity index (χ0v) is 11.8. The molecular formula is C17H17NO3. The van der Waals surface area contributed by atoms with Gasteiger partial charge in [0.25, 0.3) is 0 Å². The zero-order valence-electron chi connectivity index (χ0n) is 11.8. The second-order valence-electron chi connectivity index (χ2n) is 4.70. The molecule has 108 valence electrons. The Morgan fingerprint density at radius 3 is 2.48 bits per heavy atom. The molecule has 1 N–H and O–H groups in total. The first-order chi connectivity index (χ1) is 10.1. The van der Waals surface area contributed by atoms with Crippen LogP contribution in [0.3, 0.4) is 0 Å². The van der Waals surface area contributed by atoms with E-state index < -0.39 is 0 Å². The largest absolute Gasteiger partial charge is 0.363 e. The molecule has 0 radical (unpaired) electrons. The summed E-state index contributed by atoms with van der Waals surface area (Å²) in [5.74, 6) is -0.416. The highest BCUT2D eigenvalue weighted by atomic mass is 16.5. The predicted molar refractivity (Wildman–Crippen MR) is 81.4 cm³/mol. The first kappa shape index (κ1) is 14.9. The van der Waals surface area contributed by atoms with Crippen LogP contribution in [-0.2, 0) is 9.53 Å². The number of hydrogen-bond donors (Lipinski definition) is 1. The highest BCUT2D eigenvalue weighted by Crippen LogP contribution is 2.09. The van der Waals surface area contributed by atoms with Crippen molar-refractivity contribution in [3.8, 4) is 0 Å². The summed E-state index contributed by atoms with van der Waals surface area (Å²) in [5.41, 5.74) is 2.36. The molecule has 4 nitrogen and oxygen atoms in total. The van der Waals surface area contributed by atoms with E-state index in [0.29, 0.717) is 5.56 Å². The number of benzene rings is 2. The molecule has 0 atom stereocenters. The van der Waals surface area contributed by atoms with Gasteiger partial charge in [0.05, 0.1) is 0 Å². The van der Waals surface area contributed by atoms with Crippen molar-refractivity contribution in [1.82, 2.24) is 0 Å². The summed E-state index contributed by atoms with van der Waals surface area (Å²) < 4.78 is 5.15. The Kier molecular flexibility index (Phi) is 5.23. The number of ether oxygens (including phenoxy) is 1. The molecule has 0 fully saturated rings. The van der Waals surface area contributed by atoms with Crippen molar-refractivity contribution in [1.29, 1.82) is 0 Å². The number of carbonyl (C=O) groups excluding carboxylic acids is 2. The molecule has 0 heterocycles. The number of anilines is 1.